The summed E-state index contributed by atoms with van der Waals surface area (Å²) in [5.41, 5.74) is 2.78. The highest BCUT2D eigenvalue weighted by atomic mass is 16.5. The van der Waals surface area contributed by atoms with Crippen LogP contribution in [0.3, 0.4) is 0 Å². The number of benzene rings is 1. The van der Waals surface area contributed by atoms with Crippen LogP contribution in [0.5, 0.6) is 0 Å². The molecule has 0 atom stereocenters. The molecule has 2 heterocycles. The Balaban J connectivity index is 1.46. The van der Waals surface area contributed by atoms with Crippen molar-refractivity contribution in [1.29, 1.82) is 0 Å². The molecule has 6 nitrogen and oxygen atoms in total. The van der Waals surface area contributed by atoms with Crippen LogP contribution in [0.25, 0.3) is 6.08 Å². The van der Waals surface area contributed by atoms with Crippen molar-refractivity contribution < 1.29 is 4.52 Å². The molecule has 1 aliphatic rings. The summed E-state index contributed by atoms with van der Waals surface area (Å²) in [6, 6.07) is 10.5. The Bertz CT molecular complexity index is 769. The van der Waals surface area contributed by atoms with E-state index in [0.717, 1.165) is 44.3 Å². The molecule has 144 valence electrons. The van der Waals surface area contributed by atoms with Crippen LogP contribution in [0.15, 0.2) is 45.4 Å². The van der Waals surface area contributed by atoms with Crippen molar-refractivity contribution in [3.05, 3.63) is 53.2 Å². The quantitative estimate of drug-likeness (QED) is 0.647. The van der Waals surface area contributed by atoms with Gasteiger partial charge < -0.3 is 14.7 Å². The van der Waals surface area contributed by atoms with Crippen molar-refractivity contribution in [2.45, 2.75) is 39.0 Å². The molecule has 0 radical (unpaired) electrons. The van der Waals surface area contributed by atoms with Crippen LogP contribution in [-0.4, -0.2) is 47.7 Å². The number of hydrogen-bond acceptors (Lipinski definition) is 4. The summed E-state index contributed by atoms with van der Waals surface area (Å²) in [5.74, 6) is 2.67. The van der Waals surface area contributed by atoms with E-state index in [9.17, 15) is 0 Å². The number of aromatic nitrogens is 2. The molecule has 1 fully saturated rings. The molecule has 0 spiro atoms. The summed E-state index contributed by atoms with van der Waals surface area (Å²) in [4.78, 5) is 11.2. The molecule has 3 rings (SSSR count). The number of nitrogens with one attached hydrogen (secondary N) is 1. The van der Waals surface area contributed by atoms with Crippen LogP contribution in [-0.2, 0) is 6.42 Å². The maximum atomic E-state index is 5.30. The Morgan fingerprint density at radius 1 is 1.26 bits per heavy atom. The second kappa shape index (κ2) is 9.35. The molecule has 0 unspecified atom stereocenters. The van der Waals surface area contributed by atoms with Gasteiger partial charge in [0.1, 0.15) is 0 Å². The van der Waals surface area contributed by atoms with Crippen molar-refractivity contribution in [1.82, 2.24) is 20.4 Å². The first kappa shape index (κ1) is 19.1. The van der Waals surface area contributed by atoms with Gasteiger partial charge in [-0.2, -0.15) is 4.98 Å². The molecule has 0 saturated carbocycles. The zero-order valence-electron chi connectivity index (χ0n) is 16.5. The molecule has 27 heavy (non-hydrogen) atoms. The summed E-state index contributed by atoms with van der Waals surface area (Å²) in [7, 11) is 1.83. The lowest BCUT2D eigenvalue weighted by Gasteiger charge is -2.31. The predicted molar refractivity (Wildman–Crippen MR) is 109 cm³/mol. The van der Waals surface area contributed by atoms with E-state index in [1.807, 2.05) is 7.05 Å². The molecule has 0 bridgehead atoms. The fourth-order valence-electron chi connectivity index (χ4n) is 3.15. The Hall–Kier alpha value is -2.63. The molecule has 1 saturated heterocycles. The second-order valence-electron chi connectivity index (χ2n) is 7.13. The first-order valence-electron chi connectivity index (χ1n) is 9.68. The van der Waals surface area contributed by atoms with Crippen molar-refractivity contribution in [2.24, 2.45) is 4.99 Å². The van der Waals surface area contributed by atoms with Crippen LogP contribution < -0.4 is 5.32 Å². The fraction of sp³-hybridized carbons (Fsp3) is 0.476. The first-order valence-corrected chi connectivity index (χ1v) is 9.68. The molecule has 6 heteroatoms. The third-order valence-corrected chi connectivity index (χ3v) is 4.71. The van der Waals surface area contributed by atoms with Crippen LogP contribution in [0.4, 0.5) is 0 Å². The van der Waals surface area contributed by atoms with E-state index >= 15 is 0 Å². The Kier molecular flexibility index (Phi) is 6.63. The number of rotatable bonds is 5. The van der Waals surface area contributed by atoms with E-state index < -0.39 is 0 Å². The number of nitrogens with zero attached hydrogens (tertiary/aromatic N) is 4. The number of piperidine rings is 1. The maximum absolute atomic E-state index is 5.30. The lowest BCUT2D eigenvalue weighted by Crippen LogP contribution is -2.45. The van der Waals surface area contributed by atoms with Gasteiger partial charge in [-0.25, -0.2) is 0 Å². The second-order valence-corrected chi connectivity index (χ2v) is 7.13. The van der Waals surface area contributed by atoms with Crippen LogP contribution in [0.2, 0.25) is 0 Å². The minimum atomic E-state index is 0.287. The number of hydrogen-bond donors (Lipinski definition) is 1. The van der Waals surface area contributed by atoms with Crippen molar-refractivity contribution in [2.75, 3.05) is 26.7 Å². The monoisotopic (exact) mass is 367 g/mol. The standard InChI is InChI=1S/C21H29N5O/c1-16(2)20-24-19(27-25-20)9-12-23-21(22-3)26-13-10-18(11-14-26)15-17-7-5-4-6-8-17/h4-8,15-16H,9-14H2,1-3H3,(H,22,23). The maximum Gasteiger partial charge on any atom is 0.228 e. The number of aliphatic imine (C=N–C) groups is 1. The molecule has 1 aliphatic heterocycles. The summed E-state index contributed by atoms with van der Waals surface area (Å²) < 4.78 is 5.30. The lowest BCUT2D eigenvalue weighted by molar-refractivity contribution is 0.363. The van der Waals surface area contributed by atoms with E-state index in [1.165, 1.54) is 11.1 Å². The Morgan fingerprint density at radius 2 is 2.00 bits per heavy atom. The van der Waals surface area contributed by atoms with Gasteiger partial charge >= 0.3 is 0 Å². The first-order chi connectivity index (χ1) is 13.2. The van der Waals surface area contributed by atoms with E-state index in [2.05, 4.69) is 75.6 Å². The van der Waals surface area contributed by atoms with Gasteiger partial charge in [0.25, 0.3) is 0 Å². The average molecular weight is 367 g/mol. The van der Waals surface area contributed by atoms with Gasteiger partial charge in [0.2, 0.25) is 5.89 Å². The van der Waals surface area contributed by atoms with Gasteiger partial charge in [-0.3, -0.25) is 4.99 Å². The van der Waals surface area contributed by atoms with Crippen molar-refractivity contribution in [3.8, 4) is 0 Å². The van der Waals surface area contributed by atoms with Crippen molar-refractivity contribution in [3.63, 3.8) is 0 Å². The minimum absolute atomic E-state index is 0.287. The zero-order chi connectivity index (χ0) is 19.1. The normalized spacial score (nSPS) is 15.3. The summed E-state index contributed by atoms with van der Waals surface area (Å²) in [6.07, 6.45) is 5.15. The van der Waals surface area contributed by atoms with Gasteiger partial charge in [-0.1, -0.05) is 61.0 Å². The zero-order valence-corrected chi connectivity index (χ0v) is 16.5. The molecule has 0 amide bonds. The van der Waals surface area contributed by atoms with Gasteiger partial charge in [0.15, 0.2) is 11.8 Å². The summed E-state index contributed by atoms with van der Waals surface area (Å²) in [6.45, 7) is 6.82. The van der Waals surface area contributed by atoms with E-state index in [-0.39, 0.29) is 5.92 Å². The highest BCUT2D eigenvalue weighted by Gasteiger charge is 2.17. The van der Waals surface area contributed by atoms with Crippen LogP contribution >= 0.6 is 0 Å². The van der Waals surface area contributed by atoms with E-state index in [0.29, 0.717) is 12.3 Å². The third kappa shape index (κ3) is 5.42. The molecule has 0 aliphatic carbocycles. The highest BCUT2D eigenvalue weighted by molar-refractivity contribution is 5.80. The molecule has 1 aromatic carbocycles. The summed E-state index contributed by atoms with van der Waals surface area (Å²) in [5, 5.41) is 7.42. The SMILES string of the molecule is CN=C(NCCc1nc(C(C)C)no1)N1CCC(=Cc2ccccc2)CC1. The molecular formula is C21H29N5O. The Morgan fingerprint density at radius 3 is 2.63 bits per heavy atom. The fourth-order valence-corrected chi connectivity index (χ4v) is 3.15. The number of likely N-dealkylation sites (tertiary alicyclic amines) is 1. The molecule has 1 aromatic heterocycles. The average Bonchev–Trinajstić information content (AvgIpc) is 3.16. The Labute approximate surface area is 161 Å². The topological polar surface area (TPSA) is 66.5 Å². The number of guanidine groups is 1. The third-order valence-electron chi connectivity index (χ3n) is 4.71. The van der Waals surface area contributed by atoms with Gasteiger partial charge in [-0.15, -0.1) is 0 Å². The van der Waals surface area contributed by atoms with Gasteiger partial charge in [0, 0.05) is 39.0 Å². The molecular weight excluding hydrogens is 338 g/mol. The lowest BCUT2D eigenvalue weighted by atomic mass is 10.0. The summed E-state index contributed by atoms with van der Waals surface area (Å²) >= 11 is 0. The molecule has 1 N–H and O–H groups in total. The van der Waals surface area contributed by atoms with E-state index in [4.69, 9.17) is 4.52 Å². The van der Waals surface area contributed by atoms with Gasteiger partial charge in [0.05, 0.1) is 0 Å². The largest absolute Gasteiger partial charge is 0.356 e. The minimum Gasteiger partial charge on any atom is -0.356 e. The predicted octanol–water partition coefficient (Wildman–Crippen LogP) is 3.49. The van der Waals surface area contributed by atoms with Crippen LogP contribution in [0.1, 0.15) is 49.9 Å². The highest BCUT2D eigenvalue weighted by Crippen LogP contribution is 2.19. The van der Waals surface area contributed by atoms with Gasteiger partial charge in [-0.05, 0) is 18.4 Å². The van der Waals surface area contributed by atoms with Crippen LogP contribution in [0, 0.1) is 0 Å². The van der Waals surface area contributed by atoms with E-state index in [1.54, 1.807) is 0 Å². The van der Waals surface area contributed by atoms with Crippen molar-refractivity contribution >= 4 is 12.0 Å². The molecule has 2 aromatic rings. The smallest absolute Gasteiger partial charge is 0.228 e.